The third-order valence-corrected chi connectivity index (χ3v) is 15.0. The summed E-state index contributed by atoms with van der Waals surface area (Å²) in [6, 6.07) is 0. The van der Waals surface area contributed by atoms with Gasteiger partial charge in [-0.15, -0.1) is 0 Å². The molecule has 0 amide bonds. The van der Waals surface area contributed by atoms with Crippen molar-refractivity contribution in [3.05, 3.63) is 0 Å². The Morgan fingerprint density at radius 3 is 1.22 bits per heavy atom. The van der Waals surface area contributed by atoms with Crippen LogP contribution in [0, 0.1) is 0 Å². The number of rotatable bonds is 50. The van der Waals surface area contributed by atoms with E-state index in [1.807, 2.05) is 0 Å². The molecule has 0 aliphatic heterocycles. The Morgan fingerprint density at radius 1 is 0.458 bits per heavy atom. The van der Waals surface area contributed by atoms with Crippen molar-refractivity contribution in [3.8, 4) is 0 Å². The fourth-order valence-corrected chi connectivity index (χ4v) is 10.7. The molecule has 3 unspecified atom stereocenters. The summed E-state index contributed by atoms with van der Waals surface area (Å²) in [5, 5.41) is 11.1. The van der Waals surface area contributed by atoms with Crippen molar-refractivity contribution in [2.75, 3.05) is 0 Å². The van der Waals surface area contributed by atoms with Gasteiger partial charge in [0.2, 0.25) is 0 Å². The fraction of sp³-hybridized carbons (Fsp3) is 0.962. The van der Waals surface area contributed by atoms with E-state index in [-0.39, 0.29) is 18.2 Å². The number of esters is 1. The molecule has 0 aliphatic carbocycles. The SMILES string of the molecule is CCCCCCC(O)CCCCCCCCC[CH2][Co](=[O])[CH](CCCCCC)CCCCCCCCCCC(=O)OC(CCCCCC)CCCCCCCCCCC=O. The first-order chi connectivity index (χ1) is 29.0. The number of hydrogen-bond acceptors (Lipinski definition) is 5. The summed E-state index contributed by atoms with van der Waals surface area (Å²) in [6.07, 6.45) is 52.8. The summed E-state index contributed by atoms with van der Waals surface area (Å²) in [6.45, 7) is 6.75. The van der Waals surface area contributed by atoms with E-state index in [9.17, 15) is 18.6 Å². The summed E-state index contributed by atoms with van der Waals surface area (Å²) in [7, 11) is 0. The van der Waals surface area contributed by atoms with Crippen LogP contribution in [0.3, 0.4) is 0 Å². The summed E-state index contributed by atoms with van der Waals surface area (Å²) in [5.41, 5.74) is 0. The van der Waals surface area contributed by atoms with E-state index in [0.29, 0.717) is 17.7 Å². The van der Waals surface area contributed by atoms with Gasteiger partial charge in [0.25, 0.3) is 0 Å². The summed E-state index contributed by atoms with van der Waals surface area (Å²) in [4.78, 5) is 23.6. The third-order valence-electron chi connectivity index (χ3n) is 12.5. The Balaban J connectivity index is 4.11. The Morgan fingerprint density at radius 2 is 0.797 bits per heavy atom. The van der Waals surface area contributed by atoms with Crippen LogP contribution in [0.1, 0.15) is 303 Å². The molecule has 6 heteroatoms. The van der Waals surface area contributed by atoms with E-state index in [4.69, 9.17) is 4.74 Å². The molecule has 3 atom stereocenters. The predicted molar refractivity (Wildman–Crippen MR) is 251 cm³/mol. The molecule has 59 heavy (non-hydrogen) atoms. The molecule has 0 saturated carbocycles. The number of carbonyl (C=O) groups is 2. The molecule has 1 N–H and O–H groups in total. The molecule has 0 saturated heterocycles. The van der Waals surface area contributed by atoms with Crippen molar-refractivity contribution in [1.29, 1.82) is 0 Å². The Bertz CT molecular complexity index is 880. The van der Waals surface area contributed by atoms with Gasteiger partial charge in [0.15, 0.2) is 0 Å². The van der Waals surface area contributed by atoms with Gasteiger partial charge < -0.3 is 9.53 Å². The van der Waals surface area contributed by atoms with Crippen LogP contribution in [-0.2, 0) is 31.8 Å². The second-order valence-electron chi connectivity index (χ2n) is 18.4. The molecular formula is C53H104CoO5. The first-order valence-electron chi connectivity index (χ1n) is 26.5. The minimum Gasteiger partial charge on any atom is -0.462 e. The van der Waals surface area contributed by atoms with Crippen LogP contribution in [0.4, 0.5) is 0 Å². The van der Waals surface area contributed by atoms with Gasteiger partial charge in [-0.05, 0) is 32.1 Å². The van der Waals surface area contributed by atoms with Crippen LogP contribution >= 0.6 is 0 Å². The van der Waals surface area contributed by atoms with E-state index in [2.05, 4.69) is 20.8 Å². The third kappa shape index (κ3) is 43.8. The summed E-state index contributed by atoms with van der Waals surface area (Å²) >= 11 is -1.06. The molecule has 0 heterocycles. The van der Waals surface area contributed by atoms with Crippen molar-refractivity contribution in [2.24, 2.45) is 0 Å². The molecule has 0 radical (unpaired) electrons. The van der Waals surface area contributed by atoms with E-state index in [0.717, 1.165) is 82.3 Å². The van der Waals surface area contributed by atoms with Gasteiger partial charge in [-0.25, -0.2) is 0 Å². The Kier molecular flexibility index (Phi) is 48.0. The van der Waals surface area contributed by atoms with Gasteiger partial charge in [-0.1, -0.05) is 97.3 Å². The smallest absolute Gasteiger partial charge is 0.462 e. The molecule has 0 fully saturated rings. The first kappa shape index (κ1) is 58.4. The molecule has 0 spiro atoms. The minimum absolute atomic E-state index is 0.0192. The van der Waals surface area contributed by atoms with Crippen molar-refractivity contribution >= 4 is 12.3 Å². The molecule has 0 bridgehead atoms. The number of aliphatic hydroxyl groups excluding tert-OH is 1. The number of hydrogen-bond donors (Lipinski definition) is 1. The van der Waals surface area contributed by atoms with Gasteiger partial charge in [0.05, 0.1) is 0 Å². The van der Waals surface area contributed by atoms with Crippen LogP contribution in [0.5, 0.6) is 0 Å². The van der Waals surface area contributed by atoms with Gasteiger partial charge in [0.1, 0.15) is 12.4 Å². The normalized spacial score (nSPS) is 13.4. The first-order valence-corrected chi connectivity index (χ1v) is 28.3. The average molecular weight is 880 g/mol. The van der Waals surface area contributed by atoms with E-state index >= 15 is 0 Å². The Hall–Kier alpha value is -0.594. The van der Waals surface area contributed by atoms with E-state index in [1.165, 1.54) is 199 Å². The van der Waals surface area contributed by atoms with Gasteiger partial charge in [0, 0.05) is 6.42 Å². The topological polar surface area (TPSA) is 80.7 Å². The summed E-state index contributed by atoms with van der Waals surface area (Å²) < 4.78 is 19.5. The number of ether oxygens (including phenoxy) is 1. The number of aliphatic hydroxyl groups is 1. The quantitative estimate of drug-likeness (QED) is 0.0374. The average Bonchev–Trinajstić information content (AvgIpc) is 3.23. The molecule has 0 aliphatic rings. The zero-order chi connectivity index (χ0) is 43.1. The zero-order valence-corrected chi connectivity index (χ0v) is 41.1. The van der Waals surface area contributed by atoms with Crippen molar-refractivity contribution in [3.63, 3.8) is 0 Å². The molecule has 0 aromatic carbocycles. The van der Waals surface area contributed by atoms with Crippen LogP contribution in [0.15, 0.2) is 0 Å². The molecule has 0 aromatic rings. The van der Waals surface area contributed by atoms with Crippen LogP contribution < -0.4 is 0 Å². The van der Waals surface area contributed by atoms with Gasteiger partial charge in [-0.2, -0.15) is 0 Å². The molecule has 0 rings (SSSR count). The van der Waals surface area contributed by atoms with Crippen molar-refractivity contribution in [1.82, 2.24) is 0 Å². The van der Waals surface area contributed by atoms with E-state index < -0.39 is 13.6 Å². The molecular weight excluding hydrogens is 776 g/mol. The summed E-state index contributed by atoms with van der Waals surface area (Å²) in [5.74, 6) is 0.0192. The van der Waals surface area contributed by atoms with Gasteiger partial charge in [-0.3, -0.25) is 4.79 Å². The number of carbonyl (C=O) groups excluding carboxylic acids is 2. The molecule has 355 valence electrons. The second-order valence-corrected chi connectivity index (χ2v) is 20.8. The minimum atomic E-state index is -1.06. The zero-order valence-electron chi connectivity index (χ0n) is 40.0. The standard InChI is InChI=1S/C36H69O3.C17H35O.Co.O/c1-3-5-7-9-10-11-12-13-14-15-16-19-22-25-29-33-36(38)39-35(31-27-8-6-4-2)32-28-24-21-18-17-20-23-26-30-34-37;1-3-5-7-9-10-11-12-14-16-17(18)15-13-8-6-4-2;;/h11,34-35H,3-10,12-33H2,1-2H3;17-18H,1,3-16H2,2H3;;. The predicted octanol–water partition coefficient (Wildman–Crippen LogP) is 17.9. The molecule has 0 aromatic heterocycles. The monoisotopic (exact) mass is 880 g/mol. The second kappa shape index (κ2) is 48.4. The molecule has 5 nitrogen and oxygen atoms in total. The van der Waals surface area contributed by atoms with Crippen LogP contribution in [0.2, 0.25) is 10.2 Å². The van der Waals surface area contributed by atoms with Crippen molar-refractivity contribution < 1.29 is 36.9 Å². The van der Waals surface area contributed by atoms with Gasteiger partial charge >= 0.3 is 212 Å². The van der Waals surface area contributed by atoms with E-state index in [1.54, 1.807) is 0 Å². The maximum absolute atomic E-state index is 13.4. The van der Waals surface area contributed by atoms with Crippen LogP contribution in [0.25, 0.3) is 0 Å². The maximum atomic E-state index is 13.4. The van der Waals surface area contributed by atoms with Crippen LogP contribution in [-0.4, -0.2) is 29.6 Å². The number of aldehydes is 1. The Labute approximate surface area is 373 Å². The number of unbranched alkanes of at least 4 members (excludes halogenated alkanes) is 31. The van der Waals surface area contributed by atoms with Crippen molar-refractivity contribution in [2.45, 2.75) is 326 Å². The fourth-order valence-electron chi connectivity index (χ4n) is 8.52.